The first kappa shape index (κ1) is 72.2. The Morgan fingerprint density at radius 3 is 1.19 bits per heavy atom. The Hall–Kier alpha value is -0.900. The average Bonchev–Trinajstić information content (AvgIpc) is 3.41. The van der Waals surface area contributed by atoms with Crippen LogP contribution in [0.25, 0.3) is 0 Å². The lowest BCUT2D eigenvalue weighted by Gasteiger charge is -2.47. The highest BCUT2D eigenvalue weighted by atomic mass is 31.2. The quantitative estimate of drug-likeness (QED) is 0.0200. The smallest absolute Gasteiger partial charge is 0.394 e. The van der Waals surface area contributed by atoms with Crippen LogP contribution in [0.5, 0.6) is 0 Å². The van der Waals surface area contributed by atoms with E-state index in [0.29, 0.717) is 12.8 Å². The Labute approximate surface area is 464 Å². The molecule has 8 unspecified atom stereocenters. The van der Waals surface area contributed by atoms with E-state index in [9.17, 15) is 65.3 Å². The number of carbonyl (C=O) groups is 1. The molecule has 0 aromatic rings. The normalized spacial score (nSPS) is 26.8. The fraction of sp³-hybridized carbons (Fsp3) is 0.983. The summed E-state index contributed by atoms with van der Waals surface area (Å²) in [6.45, 7) is 2.83. The van der Waals surface area contributed by atoms with E-state index < -0.39 is 113 Å². The maximum Gasteiger partial charge on any atom is 0.472 e. The Morgan fingerprint density at radius 1 is 0.481 bits per heavy atom. The zero-order valence-electron chi connectivity index (χ0n) is 47.9. The van der Waals surface area contributed by atoms with Gasteiger partial charge in [-0.25, -0.2) is 4.57 Å². The molecule has 1 aliphatic heterocycles. The van der Waals surface area contributed by atoms with E-state index in [-0.39, 0.29) is 12.8 Å². The number of hydrogen-bond donors (Lipinski definition) is 12. The minimum Gasteiger partial charge on any atom is -0.394 e. The van der Waals surface area contributed by atoms with Crippen molar-refractivity contribution < 1.29 is 83.8 Å². The molecule has 1 aliphatic carbocycles. The number of unbranched alkanes of at least 4 members (excludes halogenated alkanes) is 35. The van der Waals surface area contributed by atoms with Crippen LogP contribution in [0.15, 0.2) is 0 Å². The molecular formula is C58H114NO17P. The largest absolute Gasteiger partial charge is 0.472 e. The number of aliphatic hydroxyl groups is 10. The van der Waals surface area contributed by atoms with E-state index >= 15 is 0 Å². The molecule has 15 atom stereocenters. The second-order valence-electron chi connectivity index (χ2n) is 22.7. The highest BCUT2D eigenvalue weighted by Crippen LogP contribution is 2.48. The first-order valence-corrected chi connectivity index (χ1v) is 32.6. The molecule has 1 amide bonds. The van der Waals surface area contributed by atoms with Crippen molar-refractivity contribution in [1.82, 2.24) is 5.32 Å². The standard InChI is InChI=1S/C58H114NO17P/c1-3-5-7-9-11-13-15-17-19-20-21-22-23-24-25-27-29-31-33-35-37-39-41-46(62)57(70)59-44(45(61)40-38-36-34-32-30-28-26-18-16-14-12-10-8-6-4-2)43-73-77(71,72)76-56-53(68)51(66)50(65)52(67)55(56)75-58-54(69)49(64)48(63)47(42-60)74-58/h44-56,58,60-69H,3-43H2,1-2H3,(H,59,70)(H,71,72)/t44-,45+,46?,47+,48+,49?,50?,51?,52+,53?,54?,55?,56-,58+/m0/s1. The number of hydrogen-bond acceptors (Lipinski definition) is 16. The maximum atomic E-state index is 13.6. The summed E-state index contributed by atoms with van der Waals surface area (Å²) in [7, 11) is -5.39. The van der Waals surface area contributed by atoms with Crippen LogP contribution < -0.4 is 5.32 Å². The number of aliphatic hydroxyl groups excluding tert-OH is 10. The molecule has 19 heteroatoms. The molecule has 1 heterocycles. The van der Waals surface area contributed by atoms with Gasteiger partial charge < -0.3 is 70.7 Å². The molecule has 2 fully saturated rings. The minimum atomic E-state index is -5.39. The third-order valence-corrected chi connectivity index (χ3v) is 16.9. The lowest BCUT2D eigenvalue weighted by molar-refractivity contribution is -0.338. The van der Waals surface area contributed by atoms with Gasteiger partial charge in [0.25, 0.3) is 0 Å². The summed E-state index contributed by atoms with van der Waals surface area (Å²) in [5, 5.41) is 108. The number of carbonyl (C=O) groups excluding carboxylic acids is 1. The van der Waals surface area contributed by atoms with Crippen LogP contribution in [0, 0.1) is 0 Å². The van der Waals surface area contributed by atoms with E-state index in [1.165, 1.54) is 173 Å². The maximum absolute atomic E-state index is 13.6. The number of ether oxygens (including phenoxy) is 2. The van der Waals surface area contributed by atoms with Crippen LogP contribution in [0.4, 0.5) is 0 Å². The molecule has 2 aliphatic rings. The summed E-state index contributed by atoms with van der Waals surface area (Å²) in [6, 6.07) is -1.31. The van der Waals surface area contributed by atoms with Crippen LogP contribution in [-0.2, 0) is 27.9 Å². The Balaban J connectivity index is 1.86. The van der Waals surface area contributed by atoms with Gasteiger partial charge in [-0.1, -0.05) is 251 Å². The second kappa shape index (κ2) is 44.7. The van der Waals surface area contributed by atoms with Gasteiger partial charge in [0, 0.05) is 0 Å². The molecular weight excluding hydrogens is 1010 g/mol. The van der Waals surface area contributed by atoms with E-state index in [1.807, 2.05) is 0 Å². The first-order chi connectivity index (χ1) is 37.1. The molecule has 12 N–H and O–H groups in total. The molecule has 0 spiro atoms. The van der Waals surface area contributed by atoms with E-state index in [4.69, 9.17) is 18.5 Å². The van der Waals surface area contributed by atoms with Crippen molar-refractivity contribution in [3.05, 3.63) is 0 Å². The molecule has 458 valence electrons. The lowest BCUT2D eigenvalue weighted by Crippen LogP contribution is -2.67. The fourth-order valence-corrected chi connectivity index (χ4v) is 11.6. The van der Waals surface area contributed by atoms with Crippen LogP contribution in [0.3, 0.4) is 0 Å². The van der Waals surface area contributed by atoms with Gasteiger partial charge in [0.05, 0.1) is 25.4 Å². The Bertz CT molecular complexity index is 1450. The van der Waals surface area contributed by atoms with Crippen molar-refractivity contribution in [1.29, 1.82) is 0 Å². The summed E-state index contributed by atoms with van der Waals surface area (Å²) < 4.78 is 34.9. The number of phosphoric ester groups is 1. The molecule has 0 bridgehead atoms. The van der Waals surface area contributed by atoms with Gasteiger partial charge in [-0.05, 0) is 12.8 Å². The molecule has 18 nitrogen and oxygen atoms in total. The molecule has 77 heavy (non-hydrogen) atoms. The van der Waals surface area contributed by atoms with Gasteiger partial charge in [-0.3, -0.25) is 13.8 Å². The number of phosphoric acid groups is 1. The van der Waals surface area contributed by atoms with Crippen molar-refractivity contribution in [3.8, 4) is 0 Å². The lowest BCUT2D eigenvalue weighted by atomic mass is 9.84. The predicted molar refractivity (Wildman–Crippen MR) is 299 cm³/mol. The van der Waals surface area contributed by atoms with Crippen LogP contribution >= 0.6 is 7.82 Å². The third kappa shape index (κ3) is 31.4. The SMILES string of the molecule is CCCCCCCCCCCCCCCCCCCCCCCCC(O)C(=O)N[C@@H](COP(=O)(O)O[C@H]1C(O)C(O)C(O)[C@@H](O)C1O[C@H]1O[C@H](CO)[C@@H](O)C(O)C1O)[C@H](O)CCCCCCCCCCCCCCCCC. The number of nitrogens with one attached hydrogen (secondary N) is 1. The summed E-state index contributed by atoms with van der Waals surface area (Å²) in [4.78, 5) is 24.3. The van der Waals surface area contributed by atoms with Crippen molar-refractivity contribution in [3.63, 3.8) is 0 Å². The summed E-state index contributed by atoms with van der Waals surface area (Å²) in [5.41, 5.74) is 0. The van der Waals surface area contributed by atoms with E-state index in [2.05, 4.69) is 19.2 Å². The summed E-state index contributed by atoms with van der Waals surface area (Å²) >= 11 is 0. The monoisotopic (exact) mass is 1130 g/mol. The molecule has 2 rings (SSSR count). The highest BCUT2D eigenvalue weighted by Gasteiger charge is 2.55. The van der Waals surface area contributed by atoms with Gasteiger partial charge in [-0.15, -0.1) is 0 Å². The zero-order chi connectivity index (χ0) is 56.7. The van der Waals surface area contributed by atoms with Crippen molar-refractivity contribution >= 4 is 13.7 Å². The van der Waals surface area contributed by atoms with Crippen LogP contribution in [0.2, 0.25) is 0 Å². The van der Waals surface area contributed by atoms with Crippen molar-refractivity contribution in [2.75, 3.05) is 13.2 Å². The van der Waals surface area contributed by atoms with Crippen LogP contribution in [0.1, 0.15) is 264 Å². The van der Waals surface area contributed by atoms with E-state index in [1.54, 1.807) is 0 Å². The van der Waals surface area contributed by atoms with Crippen molar-refractivity contribution in [2.24, 2.45) is 0 Å². The molecule has 1 saturated heterocycles. The summed E-state index contributed by atoms with van der Waals surface area (Å²) in [6.07, 6.45) is 20.3. The minimum absolute atomic E-state index is 0.168. The molecule has 0 aromatic heterocycles. The number of amides is 1. The average molecular weight is 1130 g/mol. The molecule has 1 saturated carbocycles. The Kier molecular flexibility index (Phi) is 41.9. The topological polar surface area (TPSA) is 306 Å². The molecule has 0 aromatic carbocycles. The first-order valence-electron chi connectivity index (χ1n) is 31.1. The second-order valence-corrected chi connectivity index (χ2v) is 24.2. The number of rotatable bonds is 50. The highest BCUT2D eigenvalue weighted by molar-refractivity contribution is 7.47. The predicted octanol–water partition coefficient (Wildman–Crippen LogP) is 8.59. The summed E-state index contributed by atoms with van der Waals surface area (Å²) in [5.74, 6) is -0.803. The molecule has 0 radical (unpaired) electrons. The fourth-order valence-electron chi connectivity index (χ4n) is 10.7. The third-order valence-electron chi connectivity index (χ3n) is 15.9. The van der Waals surface area contributed by atoms with Crippen LogP contribution in [-0.4, -0.2) is 161 Å². The van der Waals surface area contributed by atoms with Gasteiger partial charge in [-0.2, -0.15) is 0 Å². The zero-order valence-corrected chi connectivity index (χ0v) is 48.8. The Morgan fingerprint density at radius 2 is 0.818 bits per heavy atom. The van der Waals surface area contributed by atoms with Gasteiger partial charge >= 0.3 is 7.82 Å². The van der Waals surface area contributed by atoms with Gasteiger partial charge in [0.15, 0.2) is 6.29 Å². The van der Waals surface area contributed by atoms with Crippen molar-refractivity contribution in [2.45, 2.75) is 350 Å². The van der Waals surface area contributed by atoms with E-state index in [0.717, 1.165) is 51.4 Å². The van der Waals surface area contributed by atoms with Gasteiger partial charge in [0.1, 0.15) is 67.1 Å². The van der Waals surface area contributed by atoms with Gasteiger partial charge in [0.2, 0.25) is 5.91 Å².